The first-order valence-corrected chi connectivity index (χ1v) is 12.2. The lowest BCUT2D eigenvalue weighted by Crippen LogP contribution is -2.29. The molecule has 1 N–H and O–H groups in total. The molecule has 1 amide bonds. The summed E-state index contributed by atoms with van der Waals surface area (Å²) in [6.45, 7) is 1.98. The van der Waals surface area contributed by atoms with Gasteiger partial charge in [-0.3, -0.25) is 19.5 Å². The molecule has 1 atom stereocenters. The van der Waals surface area contributed by atoms with Gasteiger partial charge in [0, 0.05) is 24.1 Å². The Hall–Kier alpha value is -5.11. The number of carbonyl (C=O) groups excluding carboxylic acids is 2. The second kappa shape index (κ2) is 10.7. The highest BCUT2D eigenvalue weighted by molar-refractivity contribution is 6.51. The number of pyridine rings is 1. The number of aromatic nitrogens is 1. The van der Waals surface area contributed by atoms with Crippen LogP contribution in [0.25, 0.3) is 5.76 Å². The number of aliphatic hydroxyl groups excluding tert-OH is 1. The van der Waals surface area contributed by atoms with Gasteiger partial charge in [-0.05, 0) is 72.6 Å². The first-order valence-electron chi connectivity index (χ1n) is 12.2. The zero-order valence-corrected chi connectivity index (χ0v) is 21.6. The molecule has 2 heterocycles. The van der Waals surface area contributed by atoms with E-state index in [1.165, 1.54) is 19.1 Å². The number of amides is 1. The number of ether oxygens (including phenoxy) is 3. The molecule has 3 aromatic carbocycles. The molecular formula is C31H26N2O6. The predicted molar refractivity (Wildman–Crippen MR) is 146 cm³/mol. The zero-order valence-electron chi connectivity index (χ0n) is 21.6. The molecular weight excluding hydrogens is 496 g/mol. The Balaban J connectivity index is 1.58. The second-order valence-corrected chi connectivity index (χ2v) is 8.93. The van der Waals surface area contributed by atoms with Gasteiger partial charge in [0.05, 0.1) is 31.4 Å². The number of Topliss-reactive ketones (excluding diaryl/α,β-unsaturated/α-hetero) is 1. The van der Waals surface area contributed by atoms with Crippen LogP contribution in [0.1, 0.15) is 22.7 Å². The van der Waals surface area contributed by atoms with Crippen molar-refractivity contribution >= 4 is 23.1 Å². The van der Waals surface area contributed by atoms with Crippen molar-refractivity contribution in [2.45, 2.75) is 13.0 Å². The van der Waals surface area contributed by atoms with Gasteiger partial charge >= 0.3 is 0 Å². The smallest absolute Gasteiger partial charge is 0.300 e. The maximum absolute atomic E-state index is 13.4. The number of nitrogens with zero attached hydrogens (tertiary/aromatic N) is 2. The Labute approximate surface area is 225 Å². The highest BCUT2D eigenvalue weighted by Crippen LogP contribution is 2.43. The summed E-state index contributed by atoms with van der Waals surface area (Å²) in [6, 6.07) is 21.9. The summed E-state index contributed by atoms with van der Waals surface area (Å²) < 4.78 is 16.6. The Morgan fingerprint density at radius 2 is 1.64 bits per heavy atom. The van der Waals surface area contributed by atoms with Gasteiger partial charge in [-0.15, -0.1) is 0 Å². The van der Waals surface area contributed by atoms with Crippen LogP contribution in [0.15, 0.2) is 96.8 Å². The van der Waals surface area contributed by atoms with Gasteiger partial charge in [-0.2, -0.15) is 0 Å². The molecule has 39 heavy (non-hydrogen) atoms. The van der Waals surface area contributed by atoms with Crippen molar-refractivity contribution in [3.8, 4) is 23.0 Å². The minimum Gasteiger partial charge on any atom is -0.507 e. The van der Waals surface area contributed by atoms with Crippen molar-refractivity contribution < 1.29 is 28.9 Å². The summed E-state index contributed by atoms with van der Waals surface area (Å²) in [5, 5.41) is 11.4. The third-order valence-electron chi connectivity index (χ3n) is 6.45. The van der Waals surface area contributed by atoms with E-state index in [1.54, 1.807) is 67.0 Å². The maximum atomic E-state index is 13.4. The maximum Gasteiger partial charge on any atom is 0.300 e. The van der Waals surface area contributed by atoms with Crippen LogP contribution in [-0.2, 0) is 9.59 Å². The van der Waals surface area contributed by atoms with Crippen LogP contribution in [0.5, 0.6) is 23.0 Å². The summed E-state index contributed by atoms with van der Waals surface area (Å²) in [4.78, 5) is 32.4. The van der Waals surface area contributed by atoms with Crippen LogP contribution >= 0.6 is 0 Å². The summed E-state index contributed by atoms with van der Waals surface area (Å²) in [6.07, 6.45) is 3.16. The van der Waals surface area contributed by atoms with Crippen LogP contribution < -0.4 is 19.1 Å². The minimum absolute atomic E-state index is 0.0726. The lowest BCUT2D eigenvalue weighted by atomic mass is 9.95. The molecule has 0 bridgehead atoms. The summed E-state index contributed by atoms with van der Waals surface area (Å²) in [5.41, 5.74) is 2.27. The molecule has 8 nitrogen and oxygen atoms in total. The molecule has 1 aliphatic rings. The molecule has 5 rings (SSSR count). The van der Waals surface area contributed by atoms with Crippen LogP contribution in [0, 0.1) is 6.92 Å². The largest absolute Gasteiger partial charge is 0.507 e. The number of aliphatic hydroxyl groups is 1. The van der Waals surface area contributed by atoms with E-state index < -0.39 is 17.7 Å². The first-order chi connectivity index (χ1) is 18.9. The van der Waals surface area contributed by atoms with E-state index in [2.05, 4.69) is 4.98 Å². The number of hydrogen-bond acceptors (Lipinski definition) is 7. The lowest BCUT2D eigenvalue weighted by molar-refractivity contribution is -0.132. The monoisotopic (exact) mass is 522 g/mol. The standard InChI is InChI=1S/C31H26N2O6/c1-19-6-4-8-24(16-19)39-22-11-9-21(10-12-22)33-28(20-7-5-15-32-18-20)27(30(35)31(33)36)29(34)25-14-13-23(37-2)17-26(25)38-3/h4-18,28,34H,1-3H3/b29-27-. The molecule has 1 unspecified atom stereocenters. The Kier molecular flexibility index (Phi) is 7.01. The van der Waals surface area contributed by atoms with E-state index in [4.69, 9.17) is 14.2 Å². The Bertz CT molecular complexity index is 1560. The van der Waals surface area contributed by atoms with Crippen molar-refractivity contribution in [3.05, 3.63) is 114 Å². The van der Waals surface area contributed by atoms with E-state index in [0.29, 0.717) is 34.2 Å². The quantitative estimate of drug-likeness (QED) is 0.185. The topological polar surface area (TPSA) is 98.2 Å². The zero-order chi connectivity index (χ0) is 27.5. The van der Waals surface area contributed by atoms with E-state index in [-0.39, 0.29) is 16.9 Å². The molecule has 0 aliphatic carbocycles. The normalized spacial score (nSPS) is 16.3. The molecule has 1 aliphatic heterocycles. The number of anilines is 1. The van der Waals surface area contributed by atoms with Crippen molar-refractivity contribution in [2.75, 3.05) is 19.1 Å². The number of aryl methyl sites for hydroxylation is 1. The highest BCUT2D eigenvalue weighted by Gasteiger charge is 2.47. The summed E-state index contributed by atoms with van der Waals surface area (Å²) >= 11 is 0. The van der Waals surface area contributed by atoms with E-state index in [1.807, 2.05) is 31.2 Å². The number of benzene rings is 3. The molecule has 0 radical (unpaired) electrons. The minimum atomic E-state index is -0.922. The molecule has 0 saturated carbocycles. The van der Waals surface area contributed by atoms with Gasteiger partial charge < -0.3 is 19.3 Å². The van der Waals surface area contributed by atoms with Crippen LogP contribution in [0.3, 0.4) is 0 Å². The van der Waals surface area contributed by atoms with E-state index in [9.17, 15) is 14.7 Å². The van der Waals surface area contributed by atoms with Gasteiger partial charge in [-0.1, -0.05) is 18.2 Å². The SMILES string of the molecule is COc1ccc(/C(O)=C2/C(=O)C(=O)N(c3ccc(Oc4cccc(C)c4)cc3)C2c2cccnc2)c(OC)c1. The van der Waals surface area contributed by atoms with Gasteiger partial charge in [0.1, 0.15) is 28.8 Å². The number of carbonyl (C=O) groups is 2. The molecule has 1 fully saturated rings. The third-order valence-corrected chi connectivity index (χ3v) is 6.45. The molecule has 4 aromatic rings. The Morgan fingerprint density at radius 3 is 2.31 bits per heavy atom. The van der Waals surface area contributed by atoms with Gasteiger partial charge in [0.25, 0.3) is 11.7 Å². The van der Waals surface area contributed by atoms with E-state index >= 15 is 0 Å². The third kappa shape index (κ3) is 4.92. The van der Waals surface area contributed by atoms with Crippen LogP contribution in [-0.4, -0.2) is 36.0 Å². The summed E-state index contributed by atoms with van der Waals surface area (Å²) in [7, 11) is 2.96. The van der Waals surface area contributed by atoms with Gasteiger partial charge in [0.15, 0.2) is 0 Å². The molecule has 1 aromatic heterocycles. The number of ketones is 1. The molecule has 1 saturated heterocycles. The number of rotatable bonds is 7. The molecule has 8 heteroatoms. The fourth-order valence-electron chi connectivity index (χ4n) is 4.58. The summed E-state index contributed by atoms with van der Waals surface area (Å²) in [5.74, 6) is 0.114. The fourth-order valence-corrected chi connectivity index (χ4v) is 4.58. The van der Waals surface area contributed by atoms with Gasteiger partial charge in [0.2, 0.25) is 0 Å². The average molecular weight is 523 g/mol. The number of methoxy groups -OCH3 is 2. The van der Waals surface area contributed by atoms with Crippen LogP contribution in [0.2, 0.25) is 0 Å². The van der Waals surface area contributed by atoms with E-state index in [0.717, 1.165) is 5.56 Å². The van der Waals surface area contributed by atoms with Gasteiger partial charge in [-0.25, -0.2) is 0 Å². The lowest BCUT2D eigenvalue weighted by Gasteiger charge is -2.25. The van der Waals surface area contributed by atoms with Crippen molar-refractivity contribution in [2.24, 2.45) is 0 Å². The highest BCUT2D eigenvalue weighted by atomic mass is 16.5. The Morgan fingerprint density at radius 1 is 0.872 bits per heavy atom. The second-order valence-electron chi connectivity index (χ2n) is 8.93. The fraction of sp³-hybridized carbons (Fsp3) is 0.129. The van der Waals surface area contributed by atoms with Crippen molar-refractivity contribution in [3.63, 3.8) is 0 Å². The number of hydrogen-bond donors (Lipinski definition) is 1. The molecule has 196 valence electrons. The predicted octanol–water partition coefficient (Wildman–Crippen LogP) is 5.83. The molecule has 0 spiro atoms. The van der Waals surface area contributed by atoms with Crippen molar-refractivity contribution in [1.82, 2.24) is 4.98 Å². The average Bonchev–Trinajstić information content (AvgIpc) is 3.23. The van der Waals surface area contributed by atoms with Crippen molar-refractivity contribution in [1.29, 1.82) is 0 Å². The first kappa shape index (κ1) is 25.5. The van der Waals surface area contributed by atoms with Crippen LogP contribution in [0.4, 0.5) is 5.69 Å².